The van der Waals surface area contributed by atoms with E-state index in [4.69, 9.17) is 11.6 Å². The van der Waals surface area contributed by atoms with Gasteiger partial charge in [0.2, 0.25) is 5.91 Å². The average molecular weight is 313 g/mol. The fourth-order valence-electron chi connectivity index (χ4n) is 1.97. The predicted octanol–water partition coefficient (Wildman–Crippen LogP) is 3.13. The van der Waals surface area contributed by atoms with Gasteiger partial charge in [0.15, 0.2) is 0 Å². The Bertz CT molecular complexity index is 475. The molecule has 1 saturated heterocycles. The van der Waals surface area contributed by atoms with E-state index < -0.39 is 4.75 Å². The Morgan fingerprint density at radius 2 is 2.10 bits per heavy atom. The maximum Gasteiger partial charge on any atom is 0.237 e. The average Bonchev–Trinajstić information content (AvgIpc) is 2.36. The van der Waals surface area contributed by atoms with Crippen molar-refractivity contribution in [3.05, 3.63) is 34.9 Å². The summed E-state index contributed by atoms with van der Waals surface area (Å²) in [6, 6.07) is 7.75. The molecule has 1 heterocycles. The zero-order valence-electron chi connectivity index (χ0n) is 12.0. The molecular weight excluding hydrogens is 292 g/mol. The van der Waals surface area contributed by atoms with Crippen molar-refractivity contribution in [2.45, 2.75) is 31.4 Å². The molecule has 3 nitrogen and oxygen atoms in total. The van der Waals surface area contributed by atoms with E-state index >= 15 is 0 Å². The molecule has 0 aliphatic carbocycles. The van der Waals surface area contributed by atoms with E-state index in [1.807, 2.05) is 38.1 Å². The number of nitrogens with one attached hydrogen (secondary N) is 1. The van der Waals surface area contributed by atoms with Gasteiger partial charge in [-0.05, 0) is 38.3 Å². The monoisotopic (exact) mass is 312 g/mol. The molecule has 0 spiro atoms. The van der Waals surface area contributed by atoms with Crippen molar-refractivity contribution in [3.8, 4) is 0 Å². The Morgan fingerprint density at radius 3 is 2.70 bits per heavy atom. The van der Waals surface area contributed by atoms with Crippen LogP contribution in [0.4, 0.5) is 0 Å². The third-order valence-corrected chi connectivity index (χ3v) is 4.99. The number of hydrogen-bond acceptors (Lipinski definition) is 3. The molecule has 110 valence electrons. The maximum absolute atomic E-state index is 12.2. The summed E-state index contributed by atoms with van der Waals surface area (Å²) in [7, 11) is 0. The second-order valence-corrected chi connectivity index (χ2v) is 7.61. The van der Waals surface area contributed by atoms with E-state index in [0.29, 0.717) is 6.54 Å². The van der Waals surface area contributed by atoms with Crippen LogP contribution in [0.3, 0.4) is 0 Å². The predicted molar refractivity (Wildman–Crippen MR) is 86.0 cm³/mol. The van der Waals surface area contributed by atoms with Crippen LogP contribution in [0.15, 0.2) is 24.3 Å². The van der Waals surface area contributed by atoms with Crippen molar-refractivity contribution in [2.24, 2.45) is 0 Å². The molecule has 1 aliphatic rings. The number of hydrogen-bond donors (Lipinski definition) is 1. The van der Waals surface area contributed by atoms with Gasteiger partial charge in [-0.25, -0.2) is 4.31 Å². The van der Waals surface area contributed by atoms with Gasteiger partial charge in [-0.1, -0.05) is 41.7 Å². The Labute approximate surface area is 130 Å². The third-order valence-electron chi connectivity index (χ3n) is 3.36. The highest BCUT2D eigenvalue weighted by atomic mass is 35.5. The number of carbonyl (C=O) groups is 1. The minimum absolute atomic E-state index is 0.0847. The molecule has 2 rings (SSSR count). The first-order valence-electron chi connectivity index (χ1n) is 6.95. The van der Waals surface area contributed by atoms with Crippen LogP contribution >= 0.6 is 23.5 Å². The second-order valence-electron chi connectivity index (χ2n) is 5.48. The molecule has 0 radical (unpaired) electrons. The molecule has 1 N–H and O–H groups in total. The van der Waals surface area contributed by atoms with Crippen LogP contribution in [0.25, 0.3) is 0 Å². The van der Waals surface area contributed by atoms with E-state index in [0.717, 1.165) is 30.1 Å². The Hall–Kier alpha value is -0.710. The van der Waals surface area contributed by atoms with Crippen molar-refractivity contribution in [2.75, 3.05) is 19.6 Å². The summed E-state index contributed by atoms with van der Waals surface area (Å²) in [6.07, 6.45) is 1.99. The van der Waals surface area contributed by atoms with Crippen LogP contribution in [0.5, 0.6) is 0 Å². The van der Waals surface area contributed by atoms with Gasteiger partial charge in [0.05, 0.1) is 0 Å². The molecule has 1 fully saturated rings. The Kier molecular flexibility index (Phi) is 5.35. The largest absolute Gasteiger partial charge is 0.355 e. The van der Waals surface area contributed by atoms with E-state index in [1.54, 1.807) is 11.9 Å². The van der Waals surface area contributed by atoms with E-state index in [2.05, 4.69) is 9.62 Å². The highest BCUT2D eigenvalue weighted by molar-refractivity contribution is 7.99. The zero-order chi connectivity index (χ0) is 14.6. The number of halogens is 1. The standard InChI is InChI=1S/C15H21ClN2OS/c1-15(2,20-18-10-5-11-18)14(19)17-9-8-12-6-3-4-7-13(12)16/h3-4,6-7H,5,8-11H2,1-2H3,(H,17,19). The summed E-state index contributed by atoms with van der Waals surface area (Å²) in [4.78, 5) is 12.2. The first-order valence-corrected chi connectivity index (χ1v) is 8.10. The lowest BCUT2D eigenvalue weighted by atomic mass is 10.1. The fraction of sp³-hybridized carbons (Fsp3) is 0.533. The number of benzene rings is 1. The van der Waals surface area contributed by atoms with Gasteiger partial charge < -0.3 is 5.32 Å². The molecule has 1 aromatic carbocycles. The smallest absolute Gasteiger partial charge is 0.237 e. The topological polar surface area (TPSA) is 32.3 Å². The minimum Gasteiger partial charge on any atom is -0.355 e. The summed E-state index contributed by atoms with van der Waals surface area (Å²) >= 11 is 7.74. The van der Waals surface area contributed by atoms with Gasteiger partial charge >= 0.3 is 0 Å². The Morgan fingerprint density at radius 1 is 1.40 bits per heavy atom. The molecule has 0 bridgehead atoms. The number of rotatable bonds is 6. The van der Waals surface area contributed by atoms with Crippen LogP contribution in [0.1, 0.15) is 25.8 Å². The summed E-state index contributed by atoms with van der Waals surface area (Å²) in [5.41, 5.74) is 1.07. The maximum atomic E-state index is 12.2. The van der Waals surface area contributed by atoms with Gasteiger partial charge in [0, 0.05) is 24.7 Å². The highest BCUT2D eigenvalue weighted by Crippen LogP contribution is 2.31. The van der Waals surface area contributed by atoms with Gasteiger partial charge in [-0.15, -0.1) is 0 Å². The molecule has 0 unspecified atom stereocenters. The van der Waals surface area contributed by atoms with Crippen LogP contribution in [0, 0.1) is 0 Å². The summed E-state index contributed by atoms with van der Waals surface area (Å²) in [6.45, 7) is 6.73. The van der Waals surface area contributed by atoms with Crippen molar-refractivity contribution in [1.82, 2.24) is 9.62 Å². The van der Waals surface area contributed by atoms with Gasteiger partial charge in [0.1, 0.15) is 4.75 Å². The van der Waals surface area contributed by atoms with Crippen molar-refractivity contribution >= 4 is 29.5 Å². The normalized spacial score (nSPS) is 15.8. The molecule has 0 saturated carbocycles. The van der Waals surface area contributed by atoms with E-state index in [9.17, 15) is 4.79 Å². The number of amides is 1. The minimum atomic E-state index is -0.416. The third kappa shape index (κ3) is 4.14. The molecule has 5 heteroatoms. The highest BCUT2D eigenvalue weighted by Gasteiger charge is 2.32. The van der Waals surface area contributed by atoms with Crippen LogP contribution in [-0.4, -0.2) is 34.6 Å². The second kappa shape index (κ2) is 6.83. The lowest BCUT2D eigenvalue weighted by molar-refractivity contribution is -0.122. The Balaban J connectivity index is 1.78. The molecule has 1 aromatic rings. The van der Waals surface area contributed by atoms with Crippen molar-refractivity contribution < 1.29 is 4.79 Å². The zero-order valence-corrected chi connectivity index (χ0v) is 13.6. The SMILES string of the molecule is CC(C)(SN1CCC1)C(=O)NCCc1ccccc1Cl. The number of nitrogens with zero attached hydrogens (tertiary/aromatic N) is 1. The molecule has 0 aromatic heterocycles. The molecular formula is C15H21ClN2OS. The first kappa shape index (κ1) is 15.7. The molecule has 0 atom stereocenters. The van der Waals surface area contributed by atoms with E-state index in [1.165, 1.54) is 6.42 Å². The quantitative estimate of drug-likeness (QED) is 0.819. The lowest BCUT2D eigenvalue weighted by Gasteiger charge is -2.35. The van der Waals surface area contributed by atoms with Gasteiger partial charge in [0.25, 0.3) is 0 Å². The van der Waals surface area contributed by atoms with Crippen molar-refractivity contribution in [3.63, 3.8) is 0 Å². The van der Waals surface area contributed by atoms with Gasteiger partial charge in [-0.2, -0.15) is 0 Å². The molecule has 1 amide bonds. The molecule has 20 heavy (non-hydrogen) atoms. The van der Waals surface area contributed by atoms with Crippen LogP contribution in [-0.2, 0) is 11.2 Å². The first-order chi connectivity index (χ1) is 9.49. The van der Waals surface area contributed by atoms with Crippen LogP contribution < -0.4 is 5.32 Å². The number of carbonyl (C=O) groups excluding carboxylic acids is 1. The lowest BCUT2D eigenvalue weighted by Crippen LogP contribution is -2.45. The van der Waals surface area contributed by atoms with Crippen molar-refractivity contribution in [1.29, 1.82) is 0 Å². The summed E-state index contributed by atoms with van der Waals surface area (Å²) in [5.74, 6) is 0.0847. The van der Waals surface area contributed by atoms with Crippen LogP contribution in [0.2, 0.25) is 5.02 Å². The summed E-state index contributed by atoms with van der Waals surface area (Å²) < 4.78 is 1.83. The fourth-order valence-corrected chi connectivity index (χ4v) is 3.44. The van der Waals surface area contributed by atoms with Gasteiger partial charge in [-0.3, -0.25) is 4.79 Å². The molecule has 1 aliphatic heterocycles. The van der Waals surface area contributed by atoms with E-state index in [-0.39, 0.29) is 5.91 Å². The summed E-state index contributed by atoms with van der Waals surface area (Å²) in [5, 5.41) is 3.77.